The van der Waals surface area contributed by atoms with E-state index < -0.39 is 0 Å². The largest absolute Gasteiger partial charge is 0.461 e. The van der Waals surface area contributed by atoms with Gasteiger partial charge in [0.1, 0.15) is 22.4 Å². The number of hydrogen-bond acceptors (Lipinski definition) is 9. The third kappa shape index (κ3) is 21.5. The molecule has 11 aromatic rings. The standard InChI is InChI=1S/C16H22O.C15H21NO.2C15H21NS.C14H22.C12H15NO/c1-15(2,3)12-7-8-13-11(9-12)10-14(17-13)16(4,5)6;1-14(2,3)10-7-8-11-12(9-10)17-13(16-11)15(4,5)6;1-14(2,3)10-7-8-12-11(9-10)16-13(17-12)15(4,5)6;1-14(2,3)10-7-8-11-12(9-10)17-13(16-11)15(4,5)6;1-13(2,3)11-7-9-12(10-8-11)14(4,5)6;1-8-13-10-7-9(12(2,3)4)5-6-11(10)14-8/h7-10H,1-6H3;3*7-9H,1-6H3;7-10H,1-6H3;5-7H,1-4H3. The van der Waals surface area contributed by atoms with Gasteiger partial charge in [-0.25, -0.2) is 19.9 Å². The zero-order valence-corrected chi connectivity index (χ0v) is 67.5. The first-order valence-corrected chi connectivity index (χ1v) is 36.3. The molecule has 0 spiro atoms. The normalized spacial score (nSPS) is 13.1. The number of rotatable bonds is 0. The summed E-state index contributed by atoms with van der Waals surface area (Å²) in [6.45, 7) is 74.9. The molecule has 0 aliphatic carbocycles. The summed E-state index contributed by atoms with van der Waals surface area (Å²) >= 11 is 3.64. The van der Waals surface area contributed by atoms with Crippen molar-refractivity contribution in [2.24, 2.45) is 0 Å². The smallest absolute Gasteiger partial charge is 0.200 e. The Bertz CT molecular complexity index is 3870. The molecule has 11 rings (SSSR count). The summed E-state index contributed by atoms with van der Waals surface area (Å²) in [7, 11) is 0. The number of oxazole rings is 2. The Labute approximate surface area is 588 Å². The van der Waals surface area contributed by atoms with Crippen LogP contribution in [0, 0.1) is 6.92 Å². The predicted molar refractivity (Wildman–Crippen MR) is 420 cm³/mol. The van der Waals surface area contributed by atoms with E-state index in [9.17, 15) is 0 Å². The molecule has 9 heteroatoms. The number of benzene rings is 6. The van der Waals surface area contributed by atoms with Crippen LogP contribution in [0.3, 0.4) is 0 Å². The minimum absolute atomic E-state index is 0.0408. The molecule has 5 aromatic heterocycles. The summed E-state index contributed by atoms with van der Waals surface area (Å²) in [6, 6.07) is 43.5. The summed E-state index contributed by atoms with van der Waals surface area (Å²) in [5.74, 6) is 2.59. The molecular weight excluding hydrogens is 1210 g/mol. The fourth-order valence-corrected chi connectivity index (χ4v) is 12.1. The van der Waals surface area contributed by atoms with Crippen molar-refractivity contribution in [3.8, 4) is 0 Å². The second-order valence-corrected chi connectivity index (χ2v) is 39.8. The van der Waals surface area contributed by atoms with E-state index in [1.807, 2.05) is 35.7 Å². The van der Waals surface area contributed by atoms with Crippen LogP contribution in [-0.4, -0.2) is 19.9 Å². The van der Waals surface area contributed by atoms with Crippen LogP contribution in [0.15, 0.2) is 135 Å². The van der Waals surface area contributed by atoms with E-state index in [1.165, 1.54) is 63.7 Å². The Balaban J connectivity index is 0.000000183. The molecule has 0 saturated carbocycles. The second-order valence-electron chi connectivity index (χ2n) is 37.7. The van der Waals surface area contributed by atoms with Crippen molar-refractivity contribution >= 4 is 76.3 Å². The highest BCUT2D eigenvalue weighted by atomic mass is 32.1. The molecule has 0 atom stereocenters. The van der Waals surface area contributed by atoms with Gasteiger partial charge in [0, 0.05) is 34.0 Å². The lowest BCUT2D eigenvalue weighted by Gasteiger charge is -2.23. The first-order valence-electron chi connectivity index (χ1n) is 34.7. The number of thiazole rings is 2. The van der Waals surface area contributed by atoms with Gasteiger partial charge >= 0.3 is 0 Å². The van der Waals surface area contributed by atoms with Crippen molar-refractivity contribution < 1.29 is 13.3 Å². The Kier molecular flexibility index (Phi) is 23.3. The molecule has 5 heterocycles. The van der Waals surface area contributed by atoms with Crippen molar-refractivity contribution in [3.05, 3.63) is 188 Å². The van der Waals surface area contributed by atoms with Gasteiger partial charge in [0.05, 0.1) is 30.4 Å². The van der Waals surface area contributed by atoms with E-state index in [2.05, 4.69) is 354 Å². The van der Waals surface area contributed by atoms with E-state index in [0.29, 0.717) is 0 Å². The lowest BCUT2D eigenvalue weighted by Crippen LogP contribution is -2.14. The minimum atomic E-state index is -0.0408. The maximum atomic E-state index is 5.90. The molecule has 0 radical (unpaired) electrons. The maximum Gasteiger partial charge on any atom is 0.200 e. The maximum absolute atomic E-state index is 5.90. The number of aromatic nitrogens is 4. The van der Waals surface area contributed by atoms with Crippen LogP contribution < -0.4 is 0 Å². The van der Waals surface area contributed by atoms with Crippen LogP contribution in [0.2, 0.25) is 0 Å². The first-order chi connectivity index (χ1) is 43.4. The molecule has 96 heavy (non-hydrogen) atoms. The molecule has 0 unspecified atom stereocenters. The fourth-order valence-electron chi connectivity index (χ4n) is 10.00. The number of furan rings is 1. The zero-order chi connectivity index (χ0) is 72.7. The van der Waals surface area contributed by atoms with Crippen LogP contribution in [0.5, 0.6) is 0 Å². The summed E-state index contributed by atoms with van der Waals surface area (Å²) in [5, 5.41) is 3.65. The predicted octanol–water partition coefficient (Wildman–Crippen LogP) is 26.9. The summed E-state index contributed by atoms with van der Waals surface area (Å²) in [5.41, 5.74) is 18.1. The zero-order valence-electron chi connectivity index (χ0n) is 65.9. The van der Waals surface area contributed by atoms with Crippen LogP contribution in [0.4, 0.5) is 0 Å². The molecule has 0 saturated heterocycles. The quantitative estimate of drug-likeness (QED) is 0.149. The van der Waals surface area contributed by atoms with Crippen molar-refractivity contribution in [1.29, 1.82) is 0 Å². The van der Waals surface area contributed by atoms with Crippen molar-refractivity contribution in [1.82, 2.24) is 19.9 Å². The van der Waals surface area contributed by atoms with Crippen LogP contribution in [0.25, 0.3) is 53.6 Å². The third-order valence-electron chi connectivity index (χ3n) is 16.8. The monoisotopic (exact) mass is 1330 g/mol. The Morgan fingerprint density at radius 2 is 0.625 bits per heavy atom. The van der Waals surface area contributed by atoms with Crippen LogP contribution in [0.1, 0.15) is 295 Å². The second kappa shape index (κ2) is 28.4. The molecule has 0 bridgehead atoms. The van der Waals surface area contributed by atoms with Crippen molar-refractivity contribution in [2.75, 3.05) is 0 Å². The lowest BCUT2D eigenvalue weighted by molar-refractivity contribution is 0.410. The molecular formula is C87H122N4O3S2. The van der Waals surface area contributed by atoms with Crippen LogP contribution >= 0.6 is 22.7 Å². The number of hydrogen-bond donors (Lipinski definition) is 0. The molecule has 0 amide bonds. The Morgan fingerprint density at radius 1 is 0.250 bits per heavy atom. The lowest BCUT2D eigenvalue weighted by atomic mass is 9.82. The van der Waals surface area contributed by atoms with Gasteiger partial charge in [-0.3, -0.25) is 0 Å². The highest BCUT2D eigenvalue weighted by Gasteiger charge is 2.26. The van der Waals surface area contributed by atoms with Crippen LogP contribution in [-0.2, 0) is 59.6 Å². The highest BCUT2D eigenvalue weighted by Crippen LogP contribution is 2.38. The molecule has 6 aromatic carbocycles. The number of nitrogens with zero attached hydrogens (tertiary/aromatic N) is 4. The Hall–Kier alpha value is -6.42. The SMILES string of the molecule is CC(C)(C)c1ccc(C(C)(C)C)cc1.CC(C)(C)c1ccc2nc(C(C)(C)C)oc2c1.CC(C)(C)c1ccc2nc(C(C)(C)C)sc2c1.CC(C)(C)c1ccc2oc(C(C)(C)C)cc2c1.CC(C)(C)c1ccc2sc(C(C)(C)C)nc2c1.Cc1nc2cc(C(C)(C)C)ccc2o1. The van der Waals surface area contributed by atoms with E-state index in [1.54, 1.807) is 0 Å². The van der Waals surface area contributed by atoms with Gasteiger partial charge < -0.3 is 13.3 Å². The summed E-state index contributed by atoms with van der Waals surface area (Å²) in [6.07, 6.45) is 0. The average Bonchev–Trinajstić information content (AvgIpc) is 1.67. The van der Waals surface area contributed by atoms with E-state index >= 15 is 0 Å². The molecule has 520 valence electrons. The molecule has 0 N–H and O–H groups in total. The third-order valence-corrected chi connectivity index (χ3v) is 19.7. The first kappa shape index (κ1) is 78.6. The van der Waals surface area contributed by atoms with E-state index in [-0.39, 0.29) is 59.6 Å². The molecule has 0 aliphatic rings. The molecule has 7 nitrogen and oxygen atoms in total. The summed E-state index contributed by atoms with van der Waals surface area (Å²) < 4.78 is 19.8. The number of fused-ring (bicyclic) bond motifs is 5. The van der Waals surface area contributed by atoms with Crippen molar-refractivity contribution in [2.45, 2.75) is 295 Å². The van der Waals surface area contributed by atoms with E-state index in [0.717, 1.165) is 56.4 Å². The van der Waals surface area contributed by atoms with Gasteiger partial charge in [0.25, 0.3) is 0 Å². The molecule has 0 aliphatic heterocycles. The highest BCUT2D eigenvalue weighted by molar-refractivity contribution is 7.19. The van der Waals surface area contributed by atoms with Gasteiger partial charge in [-0.05, 0) is 144 Å². The summed E-state index contributed by atoms with van der Waals surface area (Å²) in [4.78, 5) is 18.4. The average molecular weight is 1340 g/mol. The number of aryl methyl sites for hydroxylation is 1. The van der Waals surface area contributed by atoms with Gasteiger partial charge in [-0.1, -0.05) is 283 Å². The van der Waals surface area contributed by atoms with Gasteiger partial charge in [0.15, 0.2) is 17.1 Å². The topological polar surface area (TPSA) is 91.0 Å². The van der Waals surface area contributed by atoms with Crippen molar-refractivity contribution in [3.63, 3.8) is 0 Å². The minimum Gasteiger partial charge on any atom is -0.461 e. The molecule has 0 fully saturated rings. The fraction of sp³-hybridized carbons (Fsp3) is 0.517. The van der Waals surface area contributed by atoms with Gasteiger partial charge in [-0.15, -0.1) is 22.7 Å². The van der Waals surface area contributed by atoms with Gasteiger partial charge in [0.2, 0.25) is 5.89 Å². The van der Waals surface area contributed by atoms with E-state index in [4.69, 9.17) is 23.2 Å². The Morgan fingerprint density at radius 3 is 1.07 bits per heavy atom. The van der Waals surface area contributed by atoms with Gasteiger partial charge in [-0.2, -0.15) is 0 Å².